The summed E-state index contributed by atoms with van der Waals surface area (Å²) in [6.07, 6.45) is 6.10. The van der Waals surface area contributed by atoms with Gasteiger partial charge in [-0.05, 0) is 36.5 Å². The molecule has 0 bridgehead atoms. The molecule has 2 aliphatic rings. The molecule has 2 aromatic rings. The minimum absolute atomic E-state index is 0. The molecule has 7 heteroatoms. The van der Waals surface area contributed by atoms with Gasteiger partial charge >= 0.3 is 0 Å². The van der Waals surface area contributed by atoms with Gasteiger partial charge in [0.05, 0.1) is 12.7 Å². The van der Waals surface area contributed by atoms with Gasteiger partial charge < -0.3 is 15.4 Å². The zero-order chi connectivity index (χ0) is 18.6. The average molecular weight is 405 g/mol. The van der Waals surface area contributed by atoms with E-state index in [0.717, 1.165) is 54.2 Å². The van der Waals surface area contributed by atoms with Crippen LogP contribution in [-0.2, 0) is 24.3 Å². The van der Waals surface area contributed by atoms with Gasteiger partial charge in [-0.3, -0.25) is 9.89 Å². The number of aromatic nitrogens is 2. The van der Waals surface area contributed by atoms with Gasteiger partial charge in [0.25, 0.3) is 5.91 Å². The molecule has 3 N–H and O–H groups in total. The van der Waals surface area contributed by atoms with Gasteiger partial charge in [-0.1, -0.05) is 31.9 Å². The molecule has 28 heavy (non-hydrogen) atoms. The summed E-state index contributed by atoms with van der Waals surface area (Å²) < 4.78 is 6.11. The fraction of sp³-hybridized carbons (Fsp3) is 0.524. The van der Waals surface area contributed by atoms with E-state index in [1.165, 1.54) is 12.8 Å². The van der Waals surface area contributed by atoms with Crippen LogP contribution in [0, 0.1) is 5.92 Å². The lowest BCUT2D eigenvalue weighted by atomic mass is 9.89. The number of fused-ring (bicyclic) bond motifs is 1. The van der Waals surface area contributed by atoms with Gasteiger partial charge in [0.2, 0.25) is 0 Å². The topological polar surface area (TPSA) is 79.0 Å². The van der Waals surface area contributed by atoms with E-state index >= 15 is 0 Å². The van der Waals surface area contributed by atoms with Crippen LogP contribution in [0.3, 0.4) is 0 Å². The van der Waals surface area contributed by atoms with E-state index in [-0.39, 0.29) is 18.3 Å². The second-order valence-corrected chi connectivity index (χ2v) is 7.82. The number of anilines is 1. The molecule has 0 saturated heterocycles. The van der Waals surface area contributed by atoms with Crippen molar-refractivity contribution in [3.63, 3.8) is 0 Å². The Bertz CT molecular complexity index is 807. The zero-order valence-electron chi connectivity index (χ0n) is 16.3. The van der Waals surface area contributed by atoms with Crippen LogP contribution in [0.5, 0.6) is 0 Å². The SMILES string of the molecule is CC1CCCC(OCc2cccc(NC(=O)c3n[nH]c4c3CNCC4)c2)C1.Cl. The molecule has 1 aromatic heterocycles. The Labute approximate surface area is 172 Å². The number of rotatable bonds is 5. The Kier molecular flexibility index (Phi) is 7.10. The van der Waals surface area contributed by atoms with Crippen LogP contribution in [-0.4, -0.2) is 28.8 Å². The van der Waals surface area contributed by atoms with E-state index in [1.54, 1.807) is 0 Å². The monoisotopic (exact) mass is 404 g/mol. The van der Waals surface area contributed by atoms with Crippen molar-refractivity contribution < 1.29 is 9.53 Å². The summed E-state index contributed by atoms with van der Waals surface area (Å²) in [6, 6.07) is 7.89. The number of ether oxygens (including phenoxy) is 1. The lowest BCUT2D eigenvalue weighted by Crippen LogP contribution is -2.25. The Morgan fingerprint density at radius 3 is 3.11 bits per heavy atom. The van der Waals surface area contributed by atoms with Gasteiger partial charge in [0, 0.05) is 36.5 Å². The number of aromatic amines is 1. The smallest absolute Gasteiger partial charge is 0.276 e. The molecular formula is C21H29ClN4O2. The highest BCUT2D eigenvalue weighted by atomic mass is 35.5. The molecule has 0 spiro atoms. The summed E-state index contributed by atoms with van der Waals surface area (Å²) in [4.78, 5) is 12.6. The molecule has 1 aliphatic carbocycles. The van der Waals surface area contributed by atoms with Crippen molar-refractivity contribution in [2.45, 2.75) is 58.3 Å². The van der Waals surface area contributed by atoms with Crippen molar-refractivity contribution >= 4 is 24.0 Å². The molecule has 0 radical (unpaired) electrons. The molecular weight excluding hydrogens is 376 g/mol. The highest BCUT2D eigenvalue weighted by Gasteiger charge is 2.22. The molecule has 1 amide bonds. The third-order valence-electron chi connectivity index (χ3n) is 5.58. The third-order valence-corrected chi connectivity index (χ3v) is 5.58. The Hall–Kier alpha value is -1.89. The Balaban J connectivity index is 0.00000225. The number of nitrogens with one attached hydrogen (secondary N) is 3. The highest BCUT2D eigenvalue weighted by Crippen LogP contribution is 2.26. The van der Waals surface area contributed by atoms with Crippen LogP contribution in [0.2, 0.25) is 0 Å². The highest BCUT2D eigenvalue weighted by molar-refractivity contribution is 6.04. The van der Waals surface area contributed by atoms with Crippen molar-refractivity contribution in [1.29, 1.82) is 0 Å². The first kappa shape index (κ1) is 20.8. The van der Waals surface area contributed by atoms with E-state index in [0.29, 0.717) is 24.9 Å². The fourth-order valence-electron chi connectivity index (χ4n) is 4.09. The zero-order valence-corrected chi connectivity index (χ0v) is 17.1. The molecule has 152 valence electrons. The minimum atomic E-state index is -0.171. The summed E-state index contributed by atoms with van der Waals surface area (Å²) in [6.45, 7) is 4.48. The van der Waals surface area contributed by atoms with E-state index in [1.807, 2.05) is 24.3 Å². The van der Waals surface area contributed by atoms with Crippen LogP contribution >= 0.6 is 12.4 Å². The molecule has 1 fully saturated rings. The molecule has 2 atom stereocenters. The number of halogens is 1. The predicted molar refractivity (Wildman–Crippen MR) is 112 cm³/mol. The average Bonchev–Trinajstić information content (AvgIpc) is 3.11. The van der Waals surface area contributed by atoms with Crippen molar-refractivity contribution in [1.82, 2.24) is 15.5 Å². The van der Waals surface area contributed by atoms with Gasteiger partial charge in [0.15, 0.2) is 5.69 Å². The first-order valence-corrected chi connectivity index (χ1v) is 9.98. The summed E-state index contributed by atoms with van der Waals surface area (Å²) in [5.74, 6) is 0.582. The molecule has 1 aromatic carbocycles. The van der Waals surface area contributed by atoms with Crippen LogP contribution < -0.4 is 10.6 Å². The normalized spacial score (nSPS) is 21.5. The summed E-state index contributed by atoms with van der Waals surface area (Å²) in [7, 11) is 0. The Morgan fingerprint density at radius 2 is 2.25 bits per heavy atom. The van der Waals surface area contributed by atoms with Crippen molar-refractivity contribution in [2.75, 3.05) is 11.9 Å². The van der Waals surface area contributed by atoms with E-state index in [4.69, 9.17) is 4.74 Å². The largest absolute Gasteiger partial charge is 0.374 e. The number of carbonyl (C=O) groups is 1. The number of benzene rings is 1. The maximum atomic E-state index is 12.6. The van der Waals surface area contributed by atoms with Crippen LogP contribution in [0.1, 0.15) is 59.9 Å². The number of nitrogens with zero attached hydrogens (tertiary/aromatic N) is 1. The first-order chi connectivity index (χ1) is 13.2. The number of H-pyrrole nitrogens is 1. The van der Waals surface area contributed by atoms with Crippen LogP contribution in [0.4, 0.5) is 5.69 Å². The number of hydrogen-bond acceptors (Lipinski definition) is 4. The van der Waals surface area contributed by atoms with Gasteiger partial charge in [-0.2, -0.15) is 5.10 Å². The molecule has 1 aliphatic heterocycles. The van der Waals surface area contributed by atoms with E-state index < -0.39 is 0 Å². The summed E-state index contributed by atoms with van der Waals surface area (Å²) in [5.41, 5.74) is 4.37. The van der Waals surface area contributed by atoms with Gasteiger partial charge in [0.1, 0.15) is 0 Å². The van der Waals surface area contributed by atoms with Gasteiger partial charge in [-0.15, -0.1) is 12.4 Å². The number of carbonyl (C=O) groups excluding carboxylic acids is 1. The third kappa shape index (κ3) is 4.93. The van der Waals surface area contributed by atoms with Crippen LogP contribution in [0.25, 0.3) is 0 Å². The van der Waals surface area contributed by atoms with E-state index in [2.05, 4.69) is 27.8 Å². The Morgan fingerprint density at radius 1 is 1.36 bits per heavy atom. The summed E-state index contributed by atoms with van der Waals surface area (Å²) >= 11 is 0. The first-order valence-electron chi connectivity index (χ1n) is 9.98. The molecule has 4 rings (SSSR count). The quantitative estimate of drug-likeness (QED) is 0.707. The number of amides is 1. The number of hydrogen-bond donors (Lipinski definition) is 3. The second-order valence-electron chi connectivity index (χ2n) is 7.82. The van der Waals surface area contributed by atoms with Crippen molar-refractivity contribution in [3.05, 3.63) is 46.8 Å². The molecule has 2 heterocycles. The summed E-state index contributed by atoms with van der Waals surface area (Å²) in [5, 5.41) is 13.5. The second kappa shape index (κ2) is 9.54. The molecule has 6 nitrogen and oxygen atoms in total. The van der Waals surface area contributed by atoms with Crippen molar-refractivity contribution in [2.24, 2.45) is 5.92 Å². The minimum Gasteiger partial charge on any atom is -0.374 e. The lowest BCUT2D eigenvalue weighted by Gasteiger charge is -2.26. The van der Waals surface area contributed by atoms with Crippen molar-refractivity contribution in [3.8, 4) is 0 Å². The maximum absolute atomic E-state index is 12.6. The molecule has 2 unspecified atom stereocenters. The standard InChI is InChI=1S/C21H28N4O2.ClH/c1-14-4-2-7-17(10-14)27-13-15-5-3-6-16(11-15)23-21(26)20-18-12-22-9-8-19(18)24-25-20;/h3,5-6,11,14,17,22H,2,4,7-10,12-13H2,1H3,(H,23,26)(H,24,25);1H. The fourth-order valence-corrected chi connectivity index (χ4v) is 4.09. The van der Waals surface area contributed by atoms with Crippen LogP contribution in [0.15, 0.2) is 24.3 Å². The van der Waals surface area contributed by atoms with E-state index in [9.17, 15) is 4.79 Å². The van der Waals surface area contributed by atoms with Gasteiger partial charge in [-0.25, -0.2) is 0 Å². The predicted octanol–water partition coefficient (Wildman–Crippen LogP) is 3.82. The lowest BCUT2D eigenvalue weighted by molar-refractivity contribution is 0.00468. The molecule has 1 saturated carbocycles. The maximum Gasteiger partial charge on any atom is 0.276 e.